The summed E-state index contributed by atoms with van der Waals surface area (Å²) in [6.45, 7) is 6.14. The molecular weight excluding hydrogens is 266 g/mol. The SMILES string of the molecule is CCOc1ccc(NC(=S)NC(C)C)c([N+](=O)[O-])c1. The average molecular weight is 283 g/mol. The van der Waals surface area contributed by atoms with E-state index < -0.39 is 4.92 Å². The van der Waals surface area contributed by atoms with Gasteiger partial charge in [-0.25, -0.2) is 0 Å². The molecule has 104 valence electrons. The van der Waals surface area contributed by atoms with Crippen molar-refractivity contribution in [3.05, 3.63) is 28.3 Å². The van der Waals surface area contributed by atoms with Crippen molar-refractivity contribution in [2.75, 3.05) is 11.9 Å². The average Bonchev–Trinajstić information content (AvgIpc) is 2.30. The summed E-state index contributed by atoms with van der Waals surface area (Å²) >= 11 is 5.07. The minimum atomic E-state index is -0.469. The Balaban J connectivity index is 2.93. The van der Waals surface area contributed by atoms with Crippen LogP contribution in [0.1, 0.15) is 20.8 Å². The lowest BCUT2D eigenvalue weighted by atomic mass is 10.2. The van der Waals surface area contributed by atoms with E-state index in [1.165, 1.54) is 6.07 Å². The van der Waals surface area contributed by atoms with Crippen LogP contribution in [0.2, 0.25) is 0 Å². The Bertz CT molecular complexity index is 477. The third kappa shape index (κ3) is 4.70. The standard InChI is InChI=1S/C12H17N3O3S/c1-4-18-9-5-6-10(11(7-9)15(16)17)14-12(19)13-8(2)3/h5-8H,4H2,1-3H3,(H2,13,14,19). The molecule has 19 heavy (non-hydrogen) atoms. The van der Waals surface area contributed by atoms with Gasteiger partial charge in [0.05, 0.1) is 17.6 Å². The molecule has 0 saturated carbocycles. The van der Waals surface area contributed by atoms with Gasteiger partial charge in [-0.3, -0.25) is 10.1 Å². The molecule has 0 unspecified atom stereocenters. The minimum Gasteiger partial charge on any atom is -0.494 e. The zero-order valence-corrected chi connectivity index (χ0v) is 11.9. The fourth-order valence-corrected chi connectivity index (χ4v) is 1.79. The van der Waals surface area contributed by atoms with Crippen LogP contribution in [0.3, 0.4) is 0 Å². The Morgan fingerprint density at radius 1 is 1.53 bits per heavy atom. The van der Waals surface area contributed by atoms with Crippen LogP contribution in [0.25, 0.3) is 0 Å². The number of nitrogens with one attached hydrogen (secondary N) is 2. The van der Waals surface area contributed by atoms with Gasteiger partial charge in [0, 0.05) is 6.04 Å². The van der Waals surface area contributed by atoms with E-state index >= 15 is 0 Å². The lowest BCUT2D eigenvalue weighted by Crippen LogP contribution is -2.34. The van der Waals surface area contributed by atoms with E-state index in [9.17, 15) is 10.1 Å². The van der Waals surface area contributed by atoms with E-state index in [2.05, 4.69) is 10.6 Å². The van der Waals surface area contributed by atoms with E-state index in [1.54, 1.807) is 12.1 Å². The molecule has 0 bridgehead atoms. The first-order valence-corrected chi connectivity index (χ1v) is 6.33. The predicted molar refractivity (Wildman–Crippen MR) is 78.8 cm³/mol. The molecular formula is C12H17N3O3S. The van der Waals surface area contributed by atoms with Crippen LogP contribution in [-0.2, 0) is 0 Å². The maximum absolute atomic E-state index is 11.0. The van der Waals surface area contributed by atoms with Gasteiger partial charge in [0.1, 0.15) is 11.4 Å². The van der Waals surface area contributed by atoms with Crippen LogP contribution >= 0.6 is 12.2 Å². The zero-order chi connectivity index (χ0) is 14.4. The second-order valence-electron chi connectivity index (χ2n) is 4.12. The van der Waals surface area contributed by atoms with Gasteiger partial charge in [-0.1, -0.05) is 0 Å². The number of nitrogens with zero attached hydrogens (tertiary/aromatic N) is 1. The highest BCUT2D eigenvalue weighted by molar-refractivity contribution is 7.80. The summed E-state index contributed by atoms with van der Waals surface area (Å²) in [4.78, 5) is 10.6. The summed E-state index contributed by atoms with van der Waals surface area (Å²) in [7, 11) is 0. The molecule has 0 aliphatic carbocycles. The van der Waals surface area contributed by atoms with E-state index in [-0.39, 0.29) is 11.7 Å². The van der Waals surface area contributed by atoms with Gasteiger partial charge in [-0.05, 0) is 45.1 Å². The fourth-order valence-electron chi connectivity index (χ4n) is 1.45. The van der Waals surface area contributed by atoms with E-state index in [0.29, 0.717) is 23.2 Å². The topological polar surface area (TPSA) is 76.4 Å². The number of hydrogen-bond acceptors (Lipinski definition) is 4. The summed E-state index contributed by atoms with van der Waals surface area (Å²) in [5.41, 5.74) is 0.269. The summed E-state index contributed by atoms with van der Waals surface area (Å²) in [6.07, 6.45) is 0. The molecule has 1 rings (SSSR count). The Hall–Kier alpha value is -1.89. The summed E-state index contributed by atoms with van der Waals surface area (Å²) in [5.74, 6) is 0.461. The van der Waals surface area contributed by atoms with Crippen LogP contribution < -0.4 is 15.4 Å². The van der Waals surface area contributed by atoms with Crippen molar-refractivity contribution in [3.63, 3.8) is 0 Å². The summed E-state index contributed by atoms with van der Waals surface area (Å²) < 4.78 is 5.24. The summed E-state index contributed by atoms with van der Waals surface area (Å²) in [6, 6.07) is 4.78. The monoisotopic (exact) mass is 283 g/mol. The van der Waals surface area contributed by atoms with Crippen molar-refractivity contribution >= 4 is 28.7 Å². The van der Waals surface area contributed by atoms with E-state index in [1.807, 2.05) is 20.8 Å². The highest BCUT2D eigenvalue weighted by atomic mass is 32.1. The lowest BCUT2D eigenvalue weighted by Gasteiger charge is -2.13. The number of hydrogen-bond donors (Lipinski definition) is 2. The Kier molecular flexibility index (Phi) is 5.50. The number of nitro groups is 1. The van der Waals surface area contributed by atoms with Gasteiger partial charge < -0.3 is 15.4 Å². The molecule has 0 aliphatic heterocycles. The number of anilines is 1. The van der Waals surface area contributed by atoms with Crippen molar-refractivity contribution in [3.8, 4) is 5.75 Å². The molecule has 7 heteroatoms. The molecule has 0 aliphatic rings. The van der Waals surface area contributed by atoms with E-state index in [0.717, 1.165) is 0 Å². The molecule has 0 atom stereocenters. The largest absolute Gasteiger partial charge is 0.494 e. The first-order chi connectivity index (χ1) is 8.93. The van der Waals surface area contributed by atoms with Crippen LogP contribution in [-0.4, -0.2) is 22.7 Å². The normalized spacial score (nSPS) is 10.1. The first-order valence-electron chi connectivity index (χ1n) is 5.92. The molecule has 0 spiro atoms. The fraction of sp³-hybridized carbons (Fsp3) is 0.417. The van der Waals surface area contributed by atoms with Crippen molar-refractivity contribution in [1.29, 1.82) is 0 Å². The van der Waals surface area contributed by atoms with Crippen molar-refractivity contribution in [2.24, 2.45) is 0 Å². The maximum atomic E-state index is 11.0. The van der Waals surface area contributed by atoms with Crippen molar-refractivity contribution in [2.45, 2.75) is 26.8 Å². The van der Waals surface area contributed by atoms with Crippen LogP contribution in [0.15, 0.2) is 18.2 Å². The summed E-state index contributed by atoms with van der Waals surface area (Å²) in [5, 5.41) is 17.2. The Labute approximate surface area is 117 Å². The smallest absolute Gasteiger partial charge is 0.296 e. The van der Waals surface area contributed by atoms with Gasteiger partial charge in [-0.15, -0.1) is 0 Å². The van der Waals surface area contributed by atoms with Crippen LogP contribution in [0.4, 0.5) is 11.4 Å². The Morgan fingerprint density at radius 3 is 2.74 bits per heavy atom. The van der Waals surface area contributed by atoms with E-state index in [4.69, 9.17) is 17.0 Å². The molecule has 0 radical (unpaired) electrons. The highest BCUT2D eigenvalue weighted by Gasteiger charge is 2.16. The molecule has 1 aromatic carbocycles. The lowest BCUT2D eigenvalue weighted by molar-refractivity contribution is -0.384. The molecule has 0 aromatic heterocycles. The molecule has 0 heterocycles. The molecule has 0 fully saturated rings. The third-order valence-electron chi connectivity index (χ3n) is 2.14. The number of rotatable bonds is 5. The second kappa shape index (κ2) is 6.89. The number of benzene rings is 1. The van der Waals surface area contributed by atoms with Gasteiger partial charge in [0.25, 0.3) is 5.69 Å². The molecule has 2 N–H and O–H groups in total. The number of ether oxygens (including phenoxy) is 1. The van der Waals surface area contributed by atoms with Crippen molar-refractivity contribution < 1.29 is 9.66 Å². The molecule has 0 saturated heterocycles. The van der Waals surface area contributed by atoms with Gasteiger partial charge >= 0.3 is 0 Å². The molecule has 0 amide bonds. The van der Waals surface area contributed by atoms with Gasteiger partial charge in [0.15, 0.2) is 5.11 Å². The highest BCUT2D eigenvalue weighted by Crippen LogP contribution is 2.29. The maximum Gasteiger partial charge on any atom is 0.296 e. The zero-order valence-electron chi connectivity index (χ0n) is 11.1. The van der Waals surface area contributed by atoms with Crippen LogP contribution in [0, 0.1) is 10.1 Å². The van der Waals surface area contributed by atoms with Gasteiger partial charge in [-0.2, -0.15) is 0 Å². The third-order valence-corrected chi connectivity index (χ3v) is 2.36. The van der Waals surface area contributed by atoms with Crippen molar-refractivity contribution in [1.82, 2.24) is 5.32 Å². The molecule has 6 nitrogen and oxygen atoms in total. The number of thiocarbonyl (C=S) groups is 1. The second-order valence-corrected chi connectivity index (χ2v) is 4.53. The minimum absolute atomic E-state index is 0.0705. The number of nitro benzene ring substituents is 1. The first kappa shape index (κ1) is 15.2. The van der Waals surface area contributed by atoms with Crippen LogP contribution in [0.5, 0.6) is 5.75 Å². The predicted octanol–water partition coefficient (Wildman–Crippen LogP) is 2.69. The molecule has 1 aromatic rings. The van der Waals surface area contributed by atoms with Gasteiger partial charge in [0.2, 0.25) is 0 Å². The Morgan fingerprint density at radius 2 is 2.21 bits per heavy atom. The quantitative estimate of drug-likeness (QED) is 0.491.